The molecule has 3 heteroatoms. The summed E-state index contributed by atoms with van der Waals surface area (Å²) in [4.78, 5) is 12.9. The number of carboxylic acid groups (broad SMARTS) is 1. The van der Waals surface area contributed by atoms with E-state index in [9.17, 15) is 9.90 Å². The highest BCUT2D eigenvalue weighted by Gasteiger charge is 2.34. The molecule has 2 unspecified atom stereocenters. The van der Waals surface area contributed by atoms with Gasteiger partial charge in [-0.1, -0.05) is 31.0 Å². The van der Waals surface area contributed by atoms with Gasteiger partial charge in [0.2, 0.25) is 0 Å². The van der Waals surface area contributed by atoms with Crippen molar-refractivity contribution in [3.05, 3.63) is 29.8 Å². The molecule has 0 amide bonds. The van der Waals surface area contributed by atoms with E-state index < -0.39 is 5.97 Å². The highest BCUT2D eigenvalue weighted by Crippen LogP contribution is 2.45. The fourth-order valence-electron chi connectivity index (χ4n) is 3.59. The van der Waals surface area contributed by atoms with E-state index in [1.165, 1.54) is 23.3 Å². The lowest BCUT2D eigenvalue weighted by molar-refractivity contribution is -0.144. The number of fused-ring (bicyclic) bond motifs is 1. The zero-order valence-corrected chi connectivity index (χ0v) is 11.9. The highest BCUT2D eigenvalue weighted by atomic mass is 32.2. The van der Waals surface area contributed by atoms with Gasteiger partial charge in [-0.15, -0.1) is 11.8 Å². The van der Waals surface area contributed by atoms with E-state index >= 15 is 0 Å². The standard InChI is InChI=1S/C16H20O2S/c17-16(18)14(11-5-1-2-6-11)9-12-10-19-15-8-4-3-7-13(12)15/h3-4,7-8,11-12,14H,1-2,5-6,9-10H2,(H,17,18). The van der Waals surface area contributed by atoms with Crippen molar-refractivity contribution in [2.24, 2.45) is 11.8 Å². The molecule has 0 saturated heterocycles. The first kappa shape index (κ1) is 13.0. The third-order valence-electron chi connectivity index (χ3n) is 4.62. The highest BCUT2D eigenvalue weighted by molar-refractivity contribution is 7.99. The molecule has 1 fully saturated rings. The number of aliphatic carboxylic acids is 1. The predicted octanol–water partition coefficient (Wildman–Crippen LogP) is 4.16. The Morgan fingerprint density at radius 1 is 1.32 bits per heavy atom. The van der Waals surface area contributed by atoms with Crippen molar-refractivity contribution in [2.45, 2.75) is 42.9 Å². The van der Waals surface area contributed by atoms with Gasteiger partial charge in [0.1, 0.15) is 0 Å². The number of carboxylic acids is 1. The van der Waals surface area contributed by atoms with Gasteiger partial charge in [-0.2, -0.15) is 0 Å². The van der Waals surface area contributed by atoms with Gasteiger partial charge < -0.3 is 5.11 Å². The molecule has 1 aliphatic heterocycles. The summed E-state index contributed by atoms with van der Waals surface area (Å²) in [6.45, 7) is 0. The van der Waals surface area contributed by atoms with E-state index in [1.54, 1.807) is 0 Å². The molecule has 0 bridgehead atoms. The van der Waals surface area contributed by atoms with E-state index in [2.05, 4.69) is 24.3 Å². The van der Waals surface area contributed by atoms with Crippen LogP contribution in [0.5, 0.6) is 0 Å². The van der Waals surface area contributed by atoms with Crippen LogP contribution >= 0.6 is 11.8 Å². The second-order valence-corrected chi connectivity index (χ2v) is 6.83. The lowest BCUT2D eigenvalue weighted by Crippen LogP contribution is -2.24. The van der Waals surface area contributed by atoms with Gasteiger partial charge in [-0.3, -0.25) is 4.79 Å². The molecule has 0 radical (unpaired) electrons. The lowest BCUT2D eigenvalue weighted by Gasteiger charge is -2.22. The van der Waals surface area contributed by atoms with Crippen LogP contribution in [0.25, 0.3) is 0 Å². The Hall–Kier alpha value is -0.960. The molecule has 1 N–H and O–H groups in total. The molecule has 0 spiro atoms. The Kier molecular flexibility index (Phi) is 3.83. The van der Waals surface area contributed by atoms with Crippen LogP contribution in [0.1, 0.15) is 43.6 Å². The number of benzene rings is 1. The third-order valence-corrected chi connectivity index (χ3v) is 5.88. The Balaban J connectivity index is 1.74. The number of rotatable bonds is 4. The van der Waals surface area contributed by atoms with Crippen LogP contribution in [-0.4, -0.2) is 16.8 Å². The van der Waals surface area contributed by atoms with Crippen LogP contribution in [0.2, 0.25) is 0 Å². The maximum absolute atomic E-state index is 11.6. The minimum atomic E-state index is -0.582. The van der Waals surface area contributed by atoms with Crippen molar-refractivity contribution in [1.82, 2.24) is 0 Å². The van der Waals surface area contributed by atoms with E-state index in [0.29, 0.717) is 11.8 Å². The third kappa shape index (κ3) is 2.66. The molecule has 2 aliphatic rings. The summed E-state index contributed by atoms with van der Waals surface area (Å²) in [5.41, 5.74) is 1.37. The fourth-order valence-corrected chi connectivity index (χ4v) is 4.86. The Morgan fingerprint density at radius 2 is 2.05 bits per heavy atom. The molecule has 2 nitrogen and oxygen atoms in total. The monoisotopic (exact) mass is 276 g/mol. The van der Waals surface area contributed by atoms with Crippen molar-refractivity contribution < 1.29 is 9.90 Å². The molecule has 1 heterocycles. The molecule has 1 aromatic rings. The topological polar surface area (TPSA) is 37.3 Å². The SMILES string of the molecule is O=C(O)C(CC1CSc2ccccc21)C1CCCC1. The summed E-state index contributed by atoms with van der Waals surface area (Å²) < 4.78 is 0. The molecule has 1 saturated carbocycles. The molecule has 1 aromatic carbocycles. The lowest BCUT2D eigenvalue weighted by atomic mass is 9.82. The average molecular weight is 276 g/mol. The number of thioether (sulfide) groups is 1. The molecule has 19 heavy (non-hydrogen) atoms. The average Bonchev–Trinajstić information content (AvgIpc) is 3.05. The van der Waals surface area contributed by atoms with Gasteiger partial charge in [0.15, 0.2) is 0 Å². The normalized spacial score (nSPS) is 24.3. The van der Waals surface area contributed by atoms with Gasteiger partial charge >= 0.3 is 5.97 Å². The van der Waals surface area contributed by atoms with Crippen molar-refractivity contribution >= 4 is 17.7 Å². The number of hydrogen-bond donors (Lipinski definition) is 1. The fraction of sp³-hybridized carbons (Fsp3) is 0.562. The van der Waals surface area contributed by atoms with Crippen molar-refractivity contribution in [3.63, 3.8) is 0 Å². The van der Waals surface area contributed by atoms with E-state index in [0.717, 1.165) is 25.0 Å². The van der Waals surface area contributed by atoms with Crippen LogP contribution in [0.4, 0.5) is 0 Å². The molecule has 0 aromatic heterocycles. The number of carbonyl (C=O) groups is 1. The second kappa shape index (κ2) is 5.58. The van der Waals surface area contributed by atoms with Gasteiger partial charge in [0, 0.05) is 10.6 Å². The maximum atomic E-state index is 11.6. The van der Waals surface area contributed by atoms with Crippen molar-refractivity contribution in [3.8, 4) is 0 Å². The van der Waals surface area contributed by atoms with Crippen LogP contribution in [-0.2, 0) is 4.79 Å². The van der Waals surface area contributed by atoms with Crippen LogP contribution in [0, 0.1) is 11.8 Å². The molecule has 1 aliphatic carbocycles. The predicted molar refractivity (Wildman–Crippen MR) is 77.6 cm³/mol. The minimum absolute atomic E-state index is 0.140. The molecular weight excluding hydrogens is 256 g/mol. The van der Waals surface area contributed by atoms with Crippen molar-refractivity contribution in [1.29, 1.82) is 0 Å². The first-order valence-corrected chi connectivity index (χ1v) is 8.19. The summed E-state index contributed by atoms with van der Waals surface area (Å²) >= 11 is 1.88. The minimum Gasteiger partial charge on any atom is -0.481 e. The van der Waals surface area contributed by atoms with E-state index in [-0.39, 0.29) is 5.92 Å². The zero-order chi connectivity index (χ0) is 13.2. The van der Waals surface area contributed by atoms with Crippen molar-refractivity contribution in [2.75, 3.05) is 5.75 Å². The van der Waals surface area contributed by atoms with Crippen LogP contribution in [0.15, 0.2) is 29.2 Å². The first-order valence-electron chi connectivity index (χ1n) is 7.20. The van der Waals surface area contributed by atoms with Gasteiger partial charge in [0.05, 0.1) is 5.92 Å². The van der Waals surface area contributed by atoms with Gasteiger partial charge in [-0.05, 0) is 42.7 Å². The zero-order valence-electron chi connectivity index (χ0n) is 11.0. The number of hydrogen-bond acceptors (Lipinski definition) is 2. The summed E-state index contributed by atoms with van der Waals surface area (Å²) in [6, 6.07) is 8.47. The van der Waals surface area contributed by atoms with E-state index in [1.807, 2.05) is 11.8 Å². The van der Waals surface area contributed by atoms with Crippen LogP contribution in [0.3, 0.4) is 0 Å². The largest absolute Gasteiger partial charge is 0.481 e. The Labute approximate surface area is 118 Å². The second-order valence-electron chi connectivity index (χ2n) is 5.77. The molecular formula is C16H20O2S. The summed E-state index contributed by atoms with van der Waals surface area (Å²) in [7, 11) is 0. The Morgan fingerprint density at radius 3 is 2.79 bits per heavy atom. The van der Waals surface area contributed by atoms with Crippen LogP contribution < -0.4 is 0 Å². The summed E-state index contributed by atoms with van der Waals surface area (Å²) in [5, 5.41) is 9.54. The quantitative estimate of drug-likeness (QED) is 0.897. The van der Waals surface area contributed by atoms with Gasteiger partial charge in [-0.25, -0.2) is 0 Å². The Bertz CT molecular complexity index is 466. The molecule has 102 valence electrons. The molecule has 2 atom stereocenters. The smallest absolute Gasteiger partial charge is 0.306 e. The summed E-state index contributed by atoms with van der Waals surface area (Å²) in [6.07, 6.45) is 5.47. The van der Waals surface area contributed by atoms with E-state index in [4.69, 9.17) is 0 Å². The summed E-state index contributed by atoms with van der Waals surface area (Å²) in [5.74, 6) is 1.18. The first-order chi connectivity index (χ1) is 9.25. The molecule has 3 rings (SSSR count). The van der Waals surface area contributed by atoms with Gasteiger partial charge in [0.25, 0.3) is 0 Å². The maximum Gasteiger partial charge on any atom is 0.306 e.